The van der Waals surface area contributed by atoms with Crippen LogP contribution in [0.2, 0.25) is 0 Å². The van der Waals surface area contributed by atoms with E-state index in [4.69, 9.17) is 5.73 Å². The summed E-state index contributed by atoms with van der Waals surface area (Å²) in [5.74, 6) is -0.575. The highest BCUT2D eigenvalue weighted by molar-refractivity contribution is 5.94. The first-order valence-corrected chi connectivity index (χ1v) is 5.00. The summed E-state index contributed by atoms with van der Waals surface area (Å²) in [6.45, 7) is 0.879. The fourth-order valence-electron chi connectivity index (χ4n) is 1.41. The minimum atomic E-state index is -0.734. The van der Waals surface area contributed by atoms with Crippen molar-refractivity contribution in [1.82, 2.24) is 0 Å². The van der Waals surface area contributed by atoms with Crippen LogP contribution in [0.1, 0.15) is 23.2 Å². The molecule has 0 aromatic heterocycles. The van der Waals surface area contributed by atoms with Crippen LogP contribution >= 0.6 is 0 Å². The molecule has 15 heavy (non-hydrogen) atoms. The number of carbonyl (C=O) groups excluding carboxylic acids is 1. The van der Waals surface area contributed by atoms with Gasteiger partial charge in [0.05, 0.1) is 5.56 Å². The minimum absolute atomic E-state index is 0.0594. The molecule has 1 aliphatic carbocycles. The van der Waals surface area contributed by atoms with Crippen molar-refractivity contribution >= 4 is 11.6 Å². The average molecular weight is 208 g/mol. The molecule has 2 rings (SSSR count). The molecule has 1 aromatic rings. The monoisotopic (exact) mass is 208 g/mol. The molecular weight excluding hydrogens is 195 g/mol. The lowest BCUT2D eigenvalue weighted by molar-refractivity contribution is 0.0996. The maximum atomic E-state index is 13.1. The number of nitrogens with two attached hydrogens (primary N) is 1. The van der Waals surface area contributed by atoms with Gasteiger partial charge in [0.25, 0.3) is 5.91 Å². The molecule has 0 atom stereocenters. The molecule has 80 valence electrons. The van der Waals surface area contributed by atoms with Gasteiger partial charge in [-0.2, -0.15) is 0 Å². The summed E-state index contributed by atoms with van der Waals surface area (Å²) >= 11 is 0. The van der Waals surface area contributed by atoms with Gasteiger partial charge in [0, 0.05) is 12.2 Å². The number of carbonyl (C=O) groups is 1. The van der Waals surface area contributed by atoms with Gasteiger partial charge in [-0.1, -0.05) is 0 Å². The molecule has 3 nitrogen and oxygen atoms in total. The summed E-state index contributed by atoms with van der Waals surface area (Å²) in [7, 11) is 0. The van der Waals surface area contributed by atoms with Crippen LogP contribution in [-0.2, 0) is 0 Å². The van der Waals surface area contributed by atoms with Crippen molar-refractivity contribution in [2.45, 2.75) is 12.8 Å². The van der Waals surface area contributed by atoms with Crippen LogP contribution in [0.5, 0.6) is 0 Å². The molecule has 4 heteroatoms. The number of benzene rings is 1. The highest BCUT2D eigenvalue weighted by atomic mass is 19.1. The Bertz CT molecular complexity index is 388. The fraction of sp³-hybridized carbons (Fsp3) is 0.364. The predicted molar refractivity (Wildman–Crippen MR) is 56.1 cm³/mol. The predicted octanol–water partition coefficient (Wildman–Crippen LogP) is 1.75. The number of halogens is 1. The molecule has 1 aliphatic rings. The van der Waals surface area contributed by atoms with Crippen LogP contribution < -0.4 is 11.1 Å². The maximum Gasteiger partial charge on any atom is 0.251 e. The van der Waals surface area contributed by atoms with Crippen LogP contribution in [-0.4, -0.2) is 12.5 Å². The van der Waals surface area contributed by atoms with Gasteiger partial charge in [0.2, 0.25) is 0 Å². The highest BCUT2D eigenvalue weighted by Gasteiger charge is 2.20. The second-order valence-corrected chi connectivity index (χ2v) is 3.88. The van der Waals surface area contributed by atoms with Gasteiger partial charge in [-0.05, 0) is 37.0 Å². The molecular formula is C11H13FN2O. The molecule has 0 saturated heterocycles. The number of nitrogens with one attached hydrogen (secondary N) is 1. The van der Waals surface area contributed by atoms with Gasteiger partial charge in [-0.25, -0.2) is 4.39 Å². The summed E-state index contributed by atoms with van der Waals surface area (Å²) in [5, 5.41) is 3.15. The van der Waals surface area contributed by atoms with Crippen molar-refractivity contribution in [1.29, 1.82) is 0 Å². The number of anilines is 1. The van der Waals surface area contributed by atoms with Crippen LogP contribution in [0.15, 0.2) is 18.2 Å². The Morgan fingerprint density at radius 1 is 1.53 bits per heavy atom. The molecule has 1 fully saturated rings. The van der Waals surface area contributed by atoms with Crippen molar-refractivity contribution in [2.24, 2.45) is 11.7 Å². The average Bonchev–Trinajstić information content (AvgIpc) is 3.00. The number of rotatable bonds is 4. The third kappa shape index (κ3) is 2.46. The largest absolute Gasteiger partial charge is 0.385 e. The standard InChI is InChI=1S/C11H13FN2O/c12-10-4-3-8(5-9(10)11(13)15)14-6-7-1-2-7/h3-5,7,14H,1-2,6H2,(H2,13,15). The molecule has 0 bridgehead atoms. The normalized spacial score (nSPS) is 15.0. The zero-order chi connectivity index (χ0) is 10.8. The van der Waals surface area contributed by atoms with Crippen LogP contribution in [0.3, 0.4) is 0 Å². The van der Waals surface area contributed by atoms with Crippen LogP contribution in [0.4, 0.5) is 10.1 Å². The van der Waals surface area contributed by atoms with E-state index in [-0.39, 0.29) is 5.56 Å². The van der Waals surface area contributed by atoms with E-state index in [1.807, 2.05) is 0 Å². The first-order chi connectivity index (χ1) is 7.16. The molecule has 0 radical (unpaired) electrons. The zero-order valence-electron chi connectivity index (χ0n) is 8.29. The number of primary amides is 1. The SMILES string of the molecule is NC(=O)c1cc(NCC2CC2)ccc1F. The van der Waals surface area contributed by atoms with Gasteiger partial charge in [-0.3, -0.25) is 4.79 Å². The van der Waals surface area contributed by atoms with Gasteiger partial charge < -0.3 is 11.1 Å². The Morgan fingerprint density at radius 3 is 2.87 bits per heavy atom. The Morgan fingerprint density at radius 2 is 2.27 bits per heavy atom. The molecule has 0 aliphatic heterocycles. The fourth-order valence-corrected chi connectivity index (χ4v) is 1.41. The van der Waals surface area contributed by atoms with E-state index in [0.717, 1.165) is 18.2 Å². The van der Waals surface area contributed by atoms with E-state index in [2.05, 4.69) is 5.32 Å². The van der Waals surface area contributed by atoms with Crippen molar-refractivity contribution in [2.75, 3.05) is 11.9 Å². The summed E-state index contributed by atoms with van der Waals surface area (Å²) < 4.78 is 13.1. The second-order valence-electron chi connectivity index (χ2n) is 3.88. The van der Waals surface area contributed by atoms with Gasteiger partial charge in [-0.15, -0.1) is 0 Å². The molecule has 0 spiro atoms. The molecule has 1 saturated carbocycles. The molecule has 1 amide bonds. The lowest BCUT2D eigenvalue weighted by Gasteiger charge is -2.06. The summed E-state index contributed by atoms with van der Waals surface area (Å²) in [6, 6.07) is 4.33. The first kappa shape index (κ1) is 9.96. The van der Waals surface area contributed by atoms with Crippen molar-refractivity contribution < 1.29 is 9.18 Å². The van der Waals surface area contributed by atoms with E-state index in [1.54, 1.807) is 6.07 Å². The van der Waals surface area contributed by atoms with E-state index >= 15 is 0 Å². The third-order valence-electron chi connectivity index (χ3n) is 2.52. The molecule has 1 aromatic carbocycles. The molecule has 0 heterocycles. The third-order valence-corrected chi connectivity index (χ3v) is 2.52. The number of hydrogen-bond donors (Lipinski definition) is 2. The Kier molecular flexibility index (Phi) is 2.58. The first-order valence-electron chi connectivity index (χ1n) is 5.00. The minimum Gasteiger partial charge on any atom is -0.385 e. The quantitative estimate of drug-likeness (QED) is 0.792. The van der Waals surface area contributed by atoms with Crippen molar-refractivity contribution in [3.05, 3.63) is 29.6 Å². The van der Waals surface area contributed by atoms with Gasteiger partial charge in [0.1, 0.15) is 5.82 Å². The number of amides is 1. The summed E-state index contributed by atoms with van der Waals surface area (Å²) in [4.78, 5) is 10.9. The Labute approximate surface area is 87.5 Å². The lowest BCUT2D eigenvalue weighted by Crippen LogP contribution is -2.14. The smallest absolute Gasteiger partial charge is 0.251 e. The zero-order valence-corrected chi connectivity index (χ0v) is 8.29. The van der Waals surface area contributed by atoms with Gasteiger partial charge in [0.15, 0.2) is 0 Å². The molecule has 3 N–H and O–H groups in total. The molecule has 0 unspecified atom stereocenters. The van der Waals surface area contributed by atoms with Crippen molar-refractivity contribution in [3.63, 3.8) is 0 Å². The topological polar surface area (TPSA) is 55.1 Å². The van der Waals surface area contributed by atoms with E-state index in [1.165, 1.54) is 25.0 Å². The van der Waals surface area contributed by atoms with Crippen molar-refractivity contribution in [3.8, 4) is 0 Å². The van der Waals surface area contributed by atoms with E-state index in [9.17, 15) is 9.18 Å². The lowest BCUT2D eigenvalue weighted by atomic mass is 10.1. The van der Waals surface area contributed by atoms with Gasteiger partial charge >= 0.3 is 0 Å². The Hall–Kier alpha value is -1.58. The summed E-state index contributed by atoms with van der Waals surface area (Å²) in [6.07, 6.45) is 2.49. The second kappa shape index (κ2) is 3.88. The highest BCUT2D eigenvalue weighted by Crippen LogP contribution is 2.29. The number of hydrogen-bond acceptors (Lipinski definition) is 2. The summed E-state index contributed by atoms with van der Waals surface area (Å²) in [5.41, 5.74) is 5.73. The van der Waals surface area contributed by atoms with E-state index < -0.39 is 11.7 Å². The van der Waals surface area contributed by atoms with E-state index in [0.29, 0.717) is 0 Å². The Balaban J connectivity index is 2.10. The van der Waals surface area contributed by atoms with Crippen LogP contribution in [0.25, 0.3) is 0 Å². The van der Waals surface area contributed by atoms with Crippen LogP contribution in [0, 0.1) is 11.7 Å². The maximum absolute atomic E-state index is 13.1.